The van der Waals surface area contributed by atoms with E-state index in [-0.39, 0.29) is 5.91 Å². The number of amides is 1. The first-order valence-corrected chi connectivity index (χ1v) is 8.09. The summed E-state index contributed by atoms with van der Waals surface area (Å²) in [5.74, 6) is 1.14. The van der Waals surface area contributed by atoms with Crippen LogP contribution in [0.15, 0.2) is 16.6 Å². The van der Waals surface area contributed by atoms with Gasteiger partial charge in [-0.2, -0.15) is 0 Å². The van der Waals surface area contributed by atoms with Gasteiger partial charge in [0.05, 0.1) is 0 Å². The molecule has 2 aliphatic rings. The number of rotatable bonds is 3. The molecule has 0 radical (unpaired) electrons. The first-order valence-electron chi connectivity index (χ1n) is 8.09. The van der Waals surface area contributed by atoms with Crippen molar-refractivity contribution in [2.45, 2.75) is 39.0 Å². The van der Waals surface area contributed by atoms with Gasteiger partial charge in [0.25, 0.3) is 0 Å². The quantitative estimate of drug-likeness (QED) is 0.488. The molecule has 5 heteroatoms. The van der Waals surface area contributed by atoms with E-state index >= 15 is 0 Å². The molecule has 0 aromatic rings. The summed E-state index contributed by atoms with van der Waals surface area (Å²) >= 11 is 0. The molecule has 1 aliphatic carbocycles. The standard InChI is InChI=1S/C16H28N4O/c1-14(21)19-10-12-20(13-11-19)16(17-2)18-9-8-15-6-4-3-5-7-15/h6H,3-5,7-13H2,1-2H3,(H,17,18). The van der Waals surface area contributed by atoms with Crippen molar-refractivity contribution >= 4 is 11.9 Å². The predicted molar refractivity (Wildman–Crippen MR) is 86.4 cm³/mol. The van der Waals surface area contributed by atoms with E-state index in [4.69, 9.17) is 0 Å². The van der Waals surface area contributed by atoms with E-state index in [1.165, 1.54) is 25.7 Å². The lowest BCUT2D eigenvalue weighted by Gasteiger charge is -2.36. The van der Waals surface area contributed by atoms with E-state index in [1.807, 2.05) is 11.9 Å². The van der Waals surface area contributed by atoms with Crippen molar-refractivity contribution in [3.05, 3.63) is 11.6 Å². The van der Waals surface area contributed by atoms with Crippen molar-refractivity contribution in [1.82, 2.24) is 15.1 Å². The molecule has 0 aromatic carbocycles. The average molecular weight is 292 g/mol. The molecule has 0 spiro atoms. The molecule has 0 aromatic heterocycles. The zero-order chi connectivity index (χ0) is 15.1. The average Bonchev–Trinajstić information content (AvgIpc) is 2.53. The van der Waals surface area contributed by atoms with Crippen molar-refractivity contribution in [1.29, 1.82) is 0 Å². The van der Waals surface area contributed by atoms with Crippen molar-refractivity contribution < 1.29 is 4.79 Å². The van der Waals surface area contributed by atoms with Crippen LogP contribution in [0, 0.1) is 0 Å². The molecule has 118 valence electrons. The fraction of sp³-hybridized carbons (Fsp3) is 0.750. The number of nitrogens with zero attached hydrogens (tertiary/aromatic N) is 3. The van der Waals surface area contributed by atoms with Gasteiger partial charge in [-0.1, -0.05) is 11.6 Å². The number of allylic oxidation sites excluding steroid dienone is 1. The Kier molecular flexibility index (Phi) is 6.08. The maximum atomic E-state index is 11.3. The summed E-state index contributed by atoms with van der Waals surface area (Å²) in [5.41, 5.74) is 1.59. The van der Waals surface area contributed by atoms with Crippen LogP contribution < -0.4 is 5.32 Å². The highest BCUT2D eigenvalue weighted by Gasteiger charge is 2.20. The van der Waals surface area contributed by atoms with Crippen LogP contribution in [0.5, 0.6) is 0 Å². The lowest BCUT2D eigenvalue weighted by Crippen LogP contribution is -2.53. The molecule has 0 atom stereocenters. The number of nitrogens with one attached hydrogen (secondary N) is 1. The van der Waals surface area contributed by atoms with Gasteiger partial charge in [-0.05, 0) is 32.1 Å². The third-order valence-corrected chi connectivity index (χ3v) is 4.35. The maximum Gasteiger partial charge on any atom is 0.219 e. The number of aliphatic imine (C=N–C) groups is 1. The van der Waals surface area contributed by atoms with E-state index in [0.29, 0.717) is 0 Å². The smallest absolute Gasteiger partial charge is 0.219 e. The Balaban J connectivity index is 1.73. The Labute approximate surface area is 128 Å². The Hall–Kier alpha value is -1.52. The first kappa shape index (κ1) is 15.9. The summed E-state index contributed by atoms with van der Waals surface area (Å²) in [4.78, 5) is 19.9. The maximum absolute atomic E-state index is 11.3. The van der Waals surface area contributed by atoms with E-state index < -0.39 is 0 Å². The lowest BCUT2D eigenvalue weighted by atomic mass is 9.97. The van der Waals surface area contributed by atoms with Crippen molar-refractivity contribution in [2.75, 3.05) is 39.8 Å². The zero-order valence-corrected chi connectivity index (χ0v) is 13.4. The van der Waals surface area contributed by atoms with E-state index in [1.54, 1.807) is 12.5 Å². The van der Waals surface area contributed by atoms with Gasteiger partial charge >= 0.3 is 0 Å². The van der Waals surface area contributed by atoms with Gasteiger partial charge in [-0.15, -0.1) is 0 Å². The topological polar surface area (TPSA) is 47.9 Å². The molecule has 1 heterocycles. The van der Waals surface area contributed by atoms with Gasteiger partial charge < -0.3 is 15.1 Å². The molecule has 2 rings (SSSR count). The Morgan fingerprint density at radius 3 is 2.52 bits per heavy atom. The summed E-state index contributed by atoms with van der Waals surface area (Å²) in [7, 11) is 1.83. The van der Waals surface area contributed by atoms with Crippen LogP contribution in [-0.4, -0.2) is 61.4 Å². The minimum absolute atomic E-state index is 0.168. The normalized spacial score (nSPS) is 20.3. The molecule has 5 nitrogen and oxygen atoms in total. The van der Waals surface area contributed by atoms with E-state index in [2.05, 4.69) is 21.3 Å². The number of carbonyl (C=O) groups excluding carboxylic acids is 1. The van der Waals surface area contributed by atoms with Crippen LogP contribution in [-0.2, 0) is 4.79 Å². The third-order valence-electron chi connectivity index (χ3n) is 4.35. The number of carbonyl (C=O) groups is 1. The van der Waals surface area contributed by atoms with Crippen molar-refractivity contribution in [3.63, 3.8) is 0 Å². The van der Waals surface area contributed by atoms with Crippen LogP contribution in [0.2, 0.25) is 0 Å². The van der Waals surface area contributed by atoms with Crippen LogP contribution in [0.3, 0.4) is 0 Å². The molecule has 1 aliphatic heterocycles. The van der Waals surface area contributed by atoms with E-state index in [0.717, 1.165) is 45.1 Å². The Morgan fingerprint density at radius 1 is 1.24 bits per heavy atom. The highest BCUT2D eigenvalue weighted by atomic mass is 16.2. The van der Waals surface area contributed by atoms with Crippen molar-refractivity contribution in [3.8, 4) is 0 Å². The molecule has 1 amide bonds. The molecular weight excluding hydrogens is 264 g/mol. The zero-order valence-electron chi connectivity index (χ0n) is 13.4. The molecule has 0 saturated carbocycles. The summed E-state index contributed by atoms with van der Waals surface area (Å²) in [6.07, 6.45) is 8.72. The monoisotopic (exact) mass is 292 g/mol. The first-order chi connectivity index (χ1) is 10.2. The van der Waals surface area contributed by atoms with Gasteiger partial charge in [-0.25, -0.2) is 0 Å². The number of hydrogen-bond acceptors (Lipinski definition) is 2. The van der Waals surface area contributed by atoms with Crippen LogP contribution in [0.1, 0.15) is 39.0 Å². The molecule has 1 N–H and O–H groups in total. The van der Waals surface area contributed by atoms with Gasteiger partial charge in [-0.3, -0.25) is 9.79 Å². The summed E-state index contributed by atoms with van der Waals surface area (Å²) < 4.78 is 0. The lowest BCUT2D eigenvalue weighted by molar-refractivity contribution is -0.130. The summed E-state index contributed by atoms with van der Waals surface area (Å²) in [6, 6.07) is 0. The minimum Gasteiger partial charge on any atom is -0.356 e. The molecule has 0 bridgehead atoms. The number of piperazine rings is 1. The van der Waals surface area contributed by atoms with Gasteiger partial charge in [0, 0.05) is 46.7 Å². The second-order valence-corrected chi connectivity index (χ2v) is 5.83. The van der Waals surface area contributed by atoms with Crippen LogP contribution >= 0.6 is 0 Å². The molecule has 1 saturated heterocycles. The largest absolute Gasteiger partial charge is 0.356 e. The fourth-order valence-corrected chi connectivity index (χ4v) is 3.03. The van der Waals surface area contributed by atoms with Gasteiger partial charge in [0.15, 0.2) is 5.96 Å². The second kappa shape index (κ2) is 8.05. The predicted octanol–water partition coefficient (Wildman–Crippen LogP) is 1.62. The SMILES string of the molecule is CN=C(NCCC1=CCCCC1)N1CCN(C(C)=O)CC1. The third kappa shape index (κ3) is 4.76. The van der Waals surface area contributed by atoms with Crippen LogP contribution in [0.4, 0.5) is 0 Å². The number of guanidine groups is 1. The minimum atomic E-state index is 0.168. The summed E-state index contributed by atoms with van der Waals surface area (Å²) in [5, 5.41) is 3.46. The van der Waals surface area contributed by atoms with Crippen molar-refractivity contribution in [2.24, 2.45) is 4.99 Å². The Morgan fingerprint density at radius 2 is 1.95 bits per heavy atom. The van der Waals surface area contributed by atoms with Gasteiger partial charge in [0.1, 0.15) is 0 Å². The van der Waals surface area contributed by atoms with Gasteiger partial charge in [0.2, 0.25) is 5.91 Å². The fourth-order valence-electron chi connectivity index (χ4n) is 3.03. The second-order valence-electron chi connectivity index (χ2n) is 5.83. The molecular formula is C16H28N4O. The highest BCUT2D eigenvalue weighted by Crippen LogP contribution is 2.19. The Bertz CT molecular complexity index is 409. The molecule has 0 unspecified atom stereocenters. The summed E-state index contributed by atoms with van der Waals surface area (Å²) in [6.45, 7) is 5.90. The van der Waals surface area contributed by atoms with Crippen LogP contribution in [0.25, 0.3) is 0 Å². The molecule has 21 heavy (non-hydrogen) atoms. The van der Waals surface area contributed by atoms with E-state index in [9.17, 15) is 4.79 Å². The molecule has 1 fully saturated rings. The number of hydrogen-bond donors (Lipinski definition) is 1. The highest BCUT2D eigenvalue weighted by molar-refractivity contribution is 5.80.